The molecule has 3 rings (SSSR count). The van der Waals surface area contributed by atoms with Gasteiger partial charge in [-0.3, -0.25) is 4.79 Å². The summed E-state index contributed by atoms with van der Waals surface area (Å²) in [6.07, 6.45) is 5.62. The Kier molecular flexibility index (Phi) is 4.68. The zero-order valence-electron chi connectivity index (χ0n) is 14.3. The van der Waals surface area contributed by atoms with E-state index in [0.29, 0.717) is 6.04 Å². The average Bonchev–Trinajstić information content (AvgIpc) is 3.05. The van der Waals surface area contributed by atoms with Gasteiger partial charge in [-0.2, -0.15) is 0 Å². The van der Waals surface area contributed by atoms with Crippen molar-refractivity contribution in [2.75, 3.05) is 19.7 Å². The highest BCUT2D eigenvalue weighted by Crippen LogP contribution is 2.29. The van der Waals surface area contributed by atoms with E-state index >= 15 is 0 Å². The molecular weight excluding hydrogens is 292 g/mol. The Morgan fingerprint density at radius 3 is 2.96 bits per heavy atom. The highest BCUT2D eigenvalue weighted by Gasteiger charge is 2.31. The molecule has 2 aliphatic heterocycles. The van der Waals surface area contributed by atoms with Crippen LogP contribution in [0.2, 0.25) is 0 Å². The molecule has 1 amide bonds. The second-order valence-electron chi connectivity index (χ2n) is 6.77. The van der Waals surface area contributed by atoms with Gasteiger partial charge in [-0.25, -0.2) is 0 Å². The zero-order valence-corrected chi connectivity index (χ0v) is 14.3. The third-order valence-electron chi connectivity index (χ3n) is 4.80. The van der Waals surface area contributed by atoms with Crippen LogP contribution >= 0.6 is 0 Å². The van der Waals surface area contributed by atoms with E-state index in [-0.39, 0.29) is 11.8 Å². The fourth-order valence-corrected chi connectivity index (χ4v) is 3.50. The van der Waals surface area contributed by atoms with Gasteiger partial charge in [-0.05, 0) is 46.5 Å². The van der Waals surface area contributed by atoms with E-state index in [2.05, 4.69) is 28.6 Å². The van der Waals surface area contributed by atoms with Crippen LogP contribution < -0.4 is 0 Å². The number of hydrogen-bond donors (Lipinski definition) is 0. The molecule has 1 fully saturated rings. The normalized spacial score (nSPS) is 22.4. The number of nitrogens with zero attached hydrogens (tertiary/aromatic N) is 4. The number of ether oxygens (including phenoxy) is 1. The first-order valence-corrected chi connectivity index (χ1v) is 8.59. The number of aromatic nitrogens is 3. The van der Waals surface area contributed by atoms with Gasteiger partial charge in [0.05, 0.1) is 12.2 Å². The molecule has 6 nitrogen and oxygen atoms in total. The van der Waals surface area contributed by atoms with Crippen molar-refractivity contribution in [3.8, 4) is 0 Å². The van der Waals surface area contributed by atoms with Gasteiger partial charge in [0.25, 0.3) is 5.91 Å². The molecule has 0 aliphatic carbocycles. The summed E-state index contributed by atoms with van der Waals surface area (Å²) < 4.78 is 7.68. The summed E-state index contributed by atoms with van der Waals surface area (Å²) in [5.74, 6) is 2.21. The molecule has 2 aliphatic rings. The maximum absolute atomic E-state index is 12.8. The van der Waals surface area contributed by atoms with Crippen LogP contribution in [0.25, 0.3) is 0 Å². The topological polar surface area (TPSA) is 60.2 Å². The predicted molar refractivity (Wildman–Crippen MR) is 86.8 cm³/mol. The van der Waals surface area contributed by atoms with E-state index in [1.165, 1.54) is 0 Å². The summed E-state index contributed by atoms with van der Waals surface area (Å²) in [5.41, 5.74) is 0.849. The Morgan fingerprint density at radius 1 is 1.39 bits per heavy atom. The summed E-state index contributed by atoms with van der Waals surface area (Å²) in [6.45, 7) is 8.44. The number of carbonyl (C=O) groups is 1. The molecule has 0 radical (unpaired) electrons. The molecule has 0 N–H and O–H groups in total. The highest BCUT2D eigenvalue weighted by molar-refractivity contribution is 5.94. The molecule has 1 saturated heterocycles. The second kappa shape index (κ2) is 6.72. The first-order valence-electron chi connectivity index (χ1n) is 8.59. The van der Waals surface area contributed by atoms with Gasteiger partial charge in [-0.15, -0.1) is 10.2 Å². The number of carbonyl (C=O) groups excluding carboxylic acids is 1. The van der Waals surface area contributed by atoms with Gasteiger partial charge in [-0.1, -0.05) is 0 Å². The van der Waals surface area contributed by atoms with Gasteiger partial charge in [0.1, 0.15) is 17.9 Å². The van der Waals surface area contributed by atoms with E-state index in [4.69, 9.17) is 4.74 Å². The van der Waals surface area contributed by atoms with Crippen molar-refractivity contribution in [1.82, 2.24) is 19.7 Å². The predicted octanol–water partition coefficient (Wildman–Crippen LogP) is 2.65. The van der Waals surface area contributed by atoms with Crippen molar-refractivity contribution < 1.29 is 9.53 Å². The second-order valence-corrected chi connectivity index (χ2v) is 6.77. The summed E-state index contributed by atoms with van der Waals surface area (Å²) >= 11 is 0. The van der Waals surface area contributed by atoms with Crippen LogP contribution in [0.5, 0.6) is 0 Å². The Labute approximate surface area is 137 Å². The fourth-order valence-electron chi connectivity index (χ4n) is 3.50. The molecule has 0 aromatic carbocycles. The summed E-state index contributed by atoms with van der Waals surface area (Å²) in [5, 5.41) is 8.39. The van der Waals surface area contributed by atoms with Crippen LogP contribution in [0.4, 0.5) is 0 Å². The monoisotopic (exact) mass is 318 g/mol. The number of rotatable bonds is 3. The molecule has 1 atom stereocenters. The van der Waals surface area contributed by atoms with Crippen molar-refractivity contribution in [2.45, 2.75) is 58.4 Å². The molecule has 23 heavy (non-hydrogen) atoms. The third kappa shape index (κ3) is 3.26. The van der Waals surface area contributed by atoms with Crippen LogP contribution in [0.1, 0.15) is 64.2 Å². The molecule has 0 spiro atoms. The molecule has 0 bridgehead atoms. The largest absolute Gasteiger partial charge is 0.498 e. The minimum Gasteiger partial charge on any atom is -0.498 e. The Hall–Kier alpha value is -1.85. The summed E-state index contributed by atoms with van der Waals surface area (Å²) in [6, 6.07) is 0.336. The van der Waals surface area contributed by atoms with Gasteiger partial charge in [0.15, 0.2) is 0 Å². The fraction of sp³-hybridized carbons (Fsp3) is 0.706. The highest BCUT2D eigenvalue weighted by atomic mass is 16.5. The SMILES string of the molecule is CC1=C(C(=O)N2CCC[C@H](c3nncn3C(C)C)C2)CCCO1. The van der Waals surface area contributed by atoms with E-state index in [0.717, 1.165) is 62.5 Å². The van der Waals surface area contributed by atoms with Crippen molar-refractivity contribution in [3.63, 3.8) is 0 Å². The number of allylic oxidation sites excluding steroid dienone is 1. The number of likely N-dealkylation sites (tertiary alicyclic amines) is 1. The van der Waals surface area contributed by atoms with E-state index in [9.17, 15) is 4.79 Å². The van der Waals surface area contributed by atoms with Gasteiger partial charge in [0, 0.05) is 25.0 Å². The lowest BCUT2D eigenvalue weighted by Gasteiger charge is -2.34. The number of piperidine rings is 1. The van der Waals surface area contributed by atoms with Gasteiger partial charge in [0.2, 0.25) is 0 Å². The first kappa shape index (κ1) is 16.0. The first-order chi connectivity index (χ1) is 11.1. The van der Waals surface area contributed by atoms with Crippen LogP contribution in [0.15, 0.2) is 17.7 Å². The maximum atomic E-state index is 12.8. The minimum absolute atomic E-state index is 0.141. The zero-order chi connectivity index (χ0) is 16.4. The van der Waals surface area contributed by atoms with Crippen LogP contribution in [0.3, 0.4) is 0 Å². The standard InChI is InChI=1S/C17H26N4O2/c1-12(2)21-11-18-19-16(21)14-6-4-8-20(10-14)17(22)15-7-5-9-23-13(15)3/h11-12,14H,4-10H2,1-3H3/t14-/m0/s1. The lowest BCUT2D eigenvalue weighted by atomic mass is 9.95. The van der Waals surface area contributed by atoms with Crippen molar-refractivity contribution in [3.05, 3.63) is 23.5 Å². The molecule has 1 aromatic heterocycles. The van der Waals surface area contributed by atoms with Crippen LogP contribution in [-0.4, -0.2) is 45.3 Å². The number of amides is 1. The third-order valence-corrected chi connectivity index (χ3v) is 4.80. The lowest BCUT2D eigenvalue weighted by Crippen LogP contribution is -2.41. The Morgan fingerprint density at radius 2 is 2.22 bits per heavy atom. The van der Waals surface area contributed by atoms with E-state index in [1.807, 2.05) is 11.8 Å². The average molecular weight is 318 g/mol. The summed E-state index contributed by atoms with van der Waals surface area (Å²) in [4.78, 5) is 14.8. The molecule has 1 aromatic rings. The van der Waals surface area contributed by atoms with Gasteiger partial charge < -0.3 is 14.2 Å². The molecule has 6 heteroatoms. The molecular formula is C17H26N4O2. The lowest BCUT2D eigenvalue weighted by molar-refractivity contribution is -0.129. The maximum Gasteiger partial charge on any atom is 0.253 e. The van der Waals surface area contributed by atoms with Crippen molar-refractivity contribution in [1.29, 1.82) is 0 Å². The molecule has 0 unspecified atom stereocenters. The van der Waals surface area contributed by atoms with Crippen LogP contribution in [-0.2, 0) is 9.53 Å². The van der Waals surface area contributed by atoms with Crippen LogP contribution in [0, 0.1) is 0 Å². The molecule has 126 valence electrons. The van der Waals surface area contributed by atoms with E-state index < -0.39 is 0 Å². The quantitative estimate of drug-likeness (QED) is 0.859. The Bertz CT molecular complexity index is 605. The molecule has 0 saturated carbocycles. The number of hydrogen-bond acceptors (Lipinski definition) is 4. The minimum atomic E-state index is 0.141. The van der Waals surface area contributed by atoms with Crippen molar-refractivity contribution in [2.24, 2.45) is 0 Å². The summed E-state index contributed by atoms with van der Waals surface area (Å²) in [7, 11) is 0. The Balaban J connectivity index is 1.76. The van der Waals surface area contributed by atoms with Gasteiger partial charge >= 0.3 is 0 Å². The smallest absolute Gasteiger partial charge is 0.253 e. The molecule has 3 heterocycles. The van der Waals surface area contributed by atoms with Crippen molar-refractivity contribution >= 4 is 5.91 Å². The van der Waals surface area contributed by atoms with E-state index in [1.54, 1.807) is 6.33 Å².